The first-order valence-electron chi connectivity index (χ1n) is 8.71. The number of amides is 1. The SMILES string of the molecule is CCOc1c(F)cccc1C(=O)N1CCC[C@H](Nc2ccccc2)C1. The molecule has 1 saturated heterocycles. The standard InChI is InChI=1S/C20H23FN2O2/c1-2-25-19-17(11-6-12-18(19)21)20(24)23-13-7-10-16(14-23)22-15-8-4-3-5-9-15/h3-6,8-9,11-12,16,22H,2,7,10,13-14H2,1H3/t16-/m0/s1. The molecule has 0 unspecified atom stereocenters. The molecule has 0 spiro atoms. The number of anilines is 1. The van der Waals surface area contributed by atoms with Crippen molar-refractivity contribution in [1.29, 1.82) is 0 Å². The number of rotatable bonds is 5. The van der Waals surface area contributed by atoms with Gasteiger partial charge in [-0.2, -0.15) is 0 Å². The van der Waals surface area contributed by atoms with Crippen LogP contribution in [0.2, 0.25) is 0 Å². The Labute approximate surface area is 147 Å². The molecule has 5 heteroatoms. The lowest BCUT2D eigenvalue weighted by Gasteiger charge is -2.34. The Bertz CT molecular complexity index is 721. The molecule has 1 N–H and O–H groups in total. The molecule has 1 heterocycles. The molecule has 0 bridgehead atoms. The van der Waals surface area contributed by atoms with Crippen LogP contribution in [0.25, 0.3) is 0 Å². The van der Waals surface area contributed by atoms with Gasteiger partial charge >= 0.3 is 0 Å². The Morgan fingerprint density at radius 1 is 1.24 bits per heavy atom. The fourth-order valence-electron chi connectivity index (χ4n) is 3.19. The summed E-state index contributed by atoms with van der Waals surface area (Å²) in [5.74, 6) is -0.626. The van der Waals surface area contributed by atoms with Gasteiger partial charge in [0.1, 0.15) is 0 Å². The number of benzene rings is 2. The predicted octanol–water partition coefficient (Wildman–Crippen LogP) is 3.94. The normalized spacial score (nSPS) is 17.2. The second-order valence-electron chi connectivity index (χ2n) is 6.15. The summed E-state index contributed by atoms with van der Waals surface area (Å²) in [6, 6.07) is 14.6. The van der Waals surface area contributed by atoms with Crippen LogP contribution in [0.1, 0.15) is 30.1 Å². The van der Waals surface area contributed by atoms with E-state index < -0.39 is 5.82 Å². The number of halogens is 1. The molecule has 3 rings (SSSR count). The minimum atomic E-state index is -0.497. The third-order valence-electron chi connectivity index (χ3n) is 4.34. The van der Waals surface area contributed by atoms with E-state index in [1.165, 1.54) is 6.07 Å². The van der Waals surface area contributed by atoms with Crippen molar-refractivity contribution in [3.8, 4) is 5.75 Å². The number of ether oxygens (including phenoxy) is 1. The first-order valence-corrected chi connectivity index (χ1v) is 8.71. The molecule has 0 aromatic heterocycles. The van der Waals surface area contributed by atoms with Crippen molar-refractivity contribution in [2.24, 2.45) is 0 Å². The number of carbonyl (C=O) groups is 1. The van der Waals surface area contributed by atoms with Gasteiger partial charge in [-0.15, -0.1) is 0 Å². The molecule has 25 heavy (non-hydrogen) atoms. The molecule has 0 radical (unpaired) electrons. The van der Waals surface area contributed by atoms with Gasteiger partial charge < -0.3 is 15.0 Å². The van der Waals surface area contributed by atoms with Gasteiger partial charge in [-0.3, -0.25) is 4.79 Å². The van der Waals surface area contributed by atoms with Crippen LogP contribution in [-0.2, 0) is 0 Å². The Kier molecular flexibility index (Phi) is 5.53. The highest BCUT2D eigenvalue weighted by molar-refractivity contribution is 5.97. The molecule has 2 aromatic rings. The van der Waals surface area contributed by atoms with Crippen LogP contribution in [-0.4, -0.2) is 36.5 Å². The maximum atomic E-state index is 14.0. The topological polar surface area (TPSA) is 41.6 Å². The van der Waals surface area contributed by atoms with E-state index in [4.69, 9.17) is 4.74 Å². The number of carbonyl (C=O) groups excluding carboxylic acids is 1. The maximum Gasteiger partial charge on any atom is 0.257 e. The third kappa shape index (κ3) is 4.10. The third-order valence-corrected chi connectivity index (χ3v) is 4.34. The zero-order valence-electron chi connectivity index (χ0n) is 14.4. The summed E-state index contributed by atoms with van der Waals surface area (Å²) in [4.78, 5) is 14.7. The van der Waals surface area contributed by atoms with Gasteiger partial charge in [-0.05, 0) is 44.0 Å². The molecule has 2 aromatic carbocycles. The summed E-state index contributed by atoms with van der Waals surface area (Å²) in [5.41, 5.74) is 1.34. The molecular formula is C20H23FN2O2. The summed E-state index contributed by atoms with van der Waals surface area (Å²) in [7, 11) is 0. The molecule has 1 aliphatic heterocycles. The van der Waals surface area contributed by atoms with Crippen molar-refractivity contribution < 1.29 is 13.9 Å². The number of likely N-dealkylation sites (tertiary alicyclic amines) is 1. The summed E-state index contributed by atoms with van der Waals surface area (Å²) in [6.45, 7) is 3.37. The van der Waals surface area contributed by atoms with Crippen LogP contribution in [0.5, 0.6) is 5.75 Å². The van der Waals surface area contributed by atoms with Crippen LogP contribution in [0.4, 0.5) is 10.1 Å². The van der Waals surface area contributed by atoms with Gasteiger partial charge in [-0.1, -0.05) is 24.3 Å². The van der Waals surface area contributed by atoms with E-state index in [9.17, 15) is 9.18 Å². The lowest BCUT2D eigenvalue weighted by atomic mass is 10.0. The summed E-state index contributed by atoms with van der Waals surface area (Å²) >= 11 is 0. The smallest absolute Gasteiger partial charge is 0.257 e. The van der Waals surface area contributed by atoms with Gasteiger partial charge in [0.15, 0.2) is 11.6 Å². The molecule has 1 fully saturated rings. The Morgan fingerprint density at radius 2 is 2.04 bits per heavy atom. The maximum absolute atomic E-state index is 14.0. The van der Waals surface area contributed by atoms with Crippen LogP contribution >= 0.6 is 0 Å². The molecule has 0 aliphatic carbocycles. The largest absolute Gasteiger partial charge is 0.490 e. The average molecular weight is 342 g/mol. The number of hydrogen-bond donors (Lipinski definition) is 1. The zero-order chi connectivity index (χ0) is 17.6. The molecule has 1 amide bonds. The summed E-state index contributed by atoms with van der Waals surface area (Å²) < 4.78 is 19.4. The average Bonchev–Trinajstić information content (AvgIpc) is 2.64. The number of piperidine rings is 1. The fraction of sp³-hybridized carbons (Fsp3) is 0.350. The summed E-state index contributed by atoms with van der Waals surface area (Å²) in [5, 5.41) is 3.47. The van der Waals surface area contributed by atoms with Gasteiger partial charge in [-0.25, -0.2) is 4.39 Å². The van der Waals surface area contributed by atoms with E-state index in [1.54, 1.807) is 24.0 Å². The van der Waals surface area contributed by atoms with Crippen molar-refractivity contribution in [1.82, 2.24) is 4.90 Å². The lowest BCUT2D eigenvalue weighted by Crippen LogP contribution is -2.45. The van der Waals surface area contributed by atoms with E-state index in [1.807, 2.05) is 30.3 Å². The number of para-hydroxylation sites is 2. The highest BCUT2D eigenvalue weighted by atomic mass is 19.1. The molecule has 1 atom stereocenters. The van der Waals surface area contributed by atoms with Crippen LogP contribution in [0.3, 0.4) is 0 Å². The predicted molar refractivity (Wildman–Crippen MR) is 96.6 cm³/mol. The van der Waals surface area contributed by atoms with Crippen molar-refractivity contribution >= 4 is 11.6 Å². The van der Waals surface area contributed by atoms with E-state index in [0.717, 1.165) is 18.5 Å². The van der Waals surface area contributed by atoms with Crippen molar-refractivity contribution in [2.75, 3.05) is 25.0 Å². The number of nitrogens with one attached hydrogen (secondary N) is 1. The molecule has 1 aliphatic rings. The second-order valence-corrected chi connectivity index (χ2v) is 6.15. The number of hydrogen-bond acceptors (Lipinski definition) is 3. The zero-order valence-corrected chi connectivity index (χ0v) is 14.4. The van der Waals surface area contributed by atoms with Gasteiger partial charge in [0.25, 0.3) is 5.91 Å². The van der Waals surface area contributed by atoms with Crippen molar-refractivity contribution in [2.45, 2.75) is 25.8 Å². The van der Waals surface area contributed by atoms with E-state index in [0.29, 0.717) is 25.3 Å². The van der Waals surface area contributed by atoms with Gasteiger partial charge in [0, 0.05) is 24.8 Å². The fourth-order valence-corrected chi connectivity index (χ4v) is 3.19. The van der Waals surface area contributed by atoms with Crippen LogP contribution in [0.15, 0.2) is 48.5 Å². The van der Waals surface area contributed by atoms with Gasteiger partial charge in [0.2, 0.25) is 0 Å². The van der Waals surface area contributed by atoms with E-state index >= 15 is 0 Å². The first-order chi connectivity index (χ1) is 12.2. The second kappa shape index (κ2) is 8.01. The van der Waals surface area contributed by atoms with E-state index in [-0.39, 0.29) is 17.7 Å². The minimum absolute atomic E-state index is 0.0492. The highest BCUT2D eigenvalue weighted by Crippen LogP contribution is 2.26. The molecule has 0 saturated carbocycles. The Balaban J connectivity index is 1.73. The van der Waals surface area contributed by atoms with Crippen molar-refractivity contribution in [3.63, 3.8) is 0 Å². The lowest BCUT2D eigenvalue weighted by molar-refractivity contribution is 0.0709. The Morgan fingerprint density at radius 3 is 2.80 bits per heavy atom. The molecule has 4 nitrogen and oxygen atoms in total. The quantitative estimate of drug-likeness (QED) is 0.895. The monoisotopic (exact) mass is 342 g/mol. The molecular weight excluding hydrogens is 319 g/mol. The summed E-state index contributed by atoms with van der Waals surface area (Å²) in [6.07, 6.45) is 1.91. The minimum Gasteiger partial charge on any atom is -0.490 e. The van der Waals surface area contributed by atoms with Gasteiger partial charge in [0.05, 0.1) is 12.2 Å². The van der Waals surface area contributed by atoms with Crippen molar-refractivity contribution in [3.05, 3.63) is 59.9 Å². The molecule has 132 valence electrons. The first kappa shape index (κ1) is 17.3. The highest BCUT2D eigenvalue weighted by Gasteiger charge is 2.27. The van der Waals surface area contributed by atoms with Crippen LogP contribution in [0, 0.1) is 5.82 Å². The van der Waals surface area contributed by atoms with Crippen LogP contribution < -0.4 is 10.1 Å². The number of nitrogens with zero attached hydrogens (tertiary/aromatic N) is 1. The Hall–Kier alpha value is -2.56. The van der Waals surface area contributed by atoms with E-state index in [2.05, 4.69) is 5.32 Å².